The van der Waals surface area contributed by atoms with E-state index in [0.29, 0.717) is 12.3 Å². The van der Waals surface area contributed by atoms with Crippen molar-refractivity contribution in [3.05, 3.63) is 35.9 Å². The Labute approximate surface area is 145 Å². The van der Waals surface area contributed by atoms with Gasteiger partial charge in [0.25, 0.3) is 0 Å². The molecule has 4 heteroatoms. The van der Waals surface area contributed by atoms with Gasteiger partial charge in [0.15, 0.2) is 0 Å². The van der Waals surface area contributed by atoms with E-state index < -0.39 is 6.04 Å². The van der Waals surface area contributed by atoms with Crippen LogP contribution in [0.15, 0.2) is 30.3 Å². The van der Waals surface area contributed by atoms with Crippen LogP contribution in [-0.2, 0) is 9.59 Å². The molecular weight excluding hydrogens is 300 g/mol. The molecule has 1 aromatic carbocycles. The number of hydrogen-bond acceptors (Lipinski definition) is 2. The van der Waals surface area contributed by atoms with Crippen molar-refractivity contribution in [2.45, 2.75) is 65.6 Å². The third kappa shape index (κ3) is 3.97. The molecule has 0 aliphatic carbocycles. The van der Waals surface area contributed by atoms with Crippen molar-refractivity contribution in [3.63, 3.8) is 0 Å². The van der Waals surface area contributed by atoms with Crippen LogP contribution in [0.1, 0.15) is 59.6 Å². The van der Waals surface area contributed by atoms with Gasteiger partial charge in [-0.15, -0.1) is 0 Å². The molecule has 1 aliphatic rings. The van der Waals surface area contributed by atoms with Gasteiger partial charge in [-0.1, -0.05) is 44.2 Å². The third-order valence-corrected chi connectivity index (χ3v) is 4.70. The van der Waals surface area contributed by atoms with Crippen LogP contribution >= 0.6 is 0 Å². The topological polar surface area (TPSA) is 49.4 Å². The molecule has 1 aliphatic heterocycles. The number of amides is 2. The summed E-state index contributed by atoms with van der Waals surface area (Å²) < 4.78 is 0. The zero-order valence-electron chi connectivity index (χ0n) is 15.7. The lowest BCUT2D eigenvalue weighted by atomic mass is 9.84. The largest absolute Gasteiger partial charge is 0.350 e. The number of hydrogen-bond donors (Lipinski definition) is 1. The molecule has 0 unspecified atom stereocenters. The van der Waals surface area contributed by atoms with E-state index in [1.54, 1.807) is 11.8 Å². The molecule has 132 valence electrons. The van der Waals surface area contributed by atoms with Crippen LogP contribution in [0.3, 0.4) is 0 Å². The first-order valence-electron chi connectivity index (χ1n) is 8.77. The first kappa shape index (κ1) is 18.5. The molecule has 1 fully saturated rings. The smallest absolute Gasteiger partial charge is 0.243 e. The molecule has 4 nitrogen and oxygen atoms in total. The Hall–Kier alpha value is -1.84. The third-order valence-electron chi connectivity index (χ3n) is 4.70. The summed E-state index contributed by atoms with van der Waals surface area (Å²) in [5.41, 5.74) is 0.801. The minimum absolute atomic E-state index is 0.0407. The van der Waals surface area contributed by atoms with Crippen molar-refractivity contribution in [3.8, 4) is 0 Å². The summed E-state index contributed by atoms with van der Waals surface area (Å²) in [5.74, 6) is 0.569. The second-order valence-electron chi connectivity index (χ2n) is 8.18. The van der Waals surface area contributed by atoms with Crippen LogP contribution in [0.4, 0.5) is 0 Å². The van der Waals surface area contributed by atoms with E-state index in [0.717, 1.165) is 5.56 Å². The lowest BCUT2D eigenvalue weighted by Gasteiger charge is -2.33. The van der Waals surface area contributed by atoms with Gasteiger partial charge in [0.05, 0.1) is 6.04 Å². The molecule has 0 aromatic heterocycles. The standard InChI is InChI=1S/C20H30N2O2/c1-13(2)16-12-17(19(24)21-20(4,5)6)22(14(3)23)18(16)15-10-8-7-9-11-15/h7-11,13,16-18H,12H2,1-6H3,(H,21,24)/t16-,17-,18+/m0/s1. The summed E-state index contributed by atoms with van der Waals surface area (Å²) in [5, 5.41) is 3.04. The zero-order chi connectivity index (χ0) is 18.1. The van der Waals surface area contributed by atoms with Crippen molar-refractivity contribution in [1.29, 1.82) is 0 Å². The van der Waals surface area contributed by atoms with E-state index in [1.165, 1.54) is 0 Å². The van der Waals surface area contributed by atoms with Gasteiger partial charge in [0.2, 0.25) is 11.8 Å². The molecule has 2 rings (SSSR count). The van der Waals surface area contributed by atoms with Gasteiger partial charge < -0.3 is 10.2 Å². The predicted octanol–water partition coefficient (Wildman–Crippen LogP) is 3.54. The number of nitrogens with zero attached hydrogens (tertiary/aromatic N) is 1. The van der Waals surface area contributed by atoms with E-state index in [9.17, 15) is 9.59 Å². The zero-order valence-corrected chi connectivity index (χ0v) is 15.7. The molecule has 1 saturated heterocycles. The molecule has 0 bridgehead atoms. The SMILES string of the molecule is CC(=O)N1[C@H](c2ccccc2)[C@H](C(C)C)C[C@H]1C(=O)NC(C)(C)C. The number of carbonyl (C=O) groups excluding carboxylic acids is 2. The fourth-order valence-corrected chi connectivity index (χ4v) is 3.70. The van der Waals surface area contributed by atoms with Crippen molar-refractivity contribution in [2.24, 2.45) is 11.8 Å². The monoisotopic (exact) mass is 330 g/mol. The first-order valence-corrected chi connectivity index (χ1v) is 8.77. The molecule has 0 spiro atoms. The van der Waals surface area contributed by atoms with Gasteiger partial charge in [-0.2, -0.15) is 0 Å². The number of carbonyl (C=O) groups is 2. The molecule has 0 radical (unpaired) electrons. The van der Waals surface area contributed by atoms with Crippen molar-refractivity contribution >= 4 is 11.8 Å². The summed E-state index contributed by atoms with van der Waals surface area (Å²) in [6.45, 7) is 11.8. The van der Waals surface area contributed by atoms with Gasteiger partial charge in [0, 0.05) is 12.5 Å². The molecular formula is C20H30N2O2. The lowest BCUT2D eigenvalue weighted by molar-refractivity contribution is -0.139. The number of nitrogens with one attached hydrogen (secondary N) is 1. The number of likely N-dealkylation sites (tertiary alicyclic amines) is 1. The normalized spacial score (nSPS) is 24.3. The average Bonchev–Trinajstić information content (AvgIpc) is 2.87. The highest BCUT2D eigenvalue weighted by molar-refractivity contribution is 5.88. The average molecular weight is 330 g/mol. The maximum Gasteiger partial charge on any atom is 0.243 e. The maximum absolute atomic E-state index is 12.8. The second-order valence-corrected chi connectivity index (χ2v) is 8.18. The second kappa shape index (κ2) is 6.96. The Bertz CT molecular complexity index is 589. The first-order chi connectivity index (χ1) is 11.1. The Balaban J connectivity index is 2.40. The molecule has 1 N–H and O–H groups in total. The van der Waals surface area contributed by atoms with Crippen molar-refractivity contribution in [1.82, 2.24) is 10.2 Å². The number of rotatable bonds is 3. The Morgan fingerprint density at radius 3 is 2.21 bits per heavy atom. The van der Waals surface area contributed by atoms with Crippen LogP contribution in [0.25, 0.3) is 0 Å². The molecule has 3 atom stereocenters. The molecule has 1 heterocycles. The Morgan fingerprint density at radius 1 is 1.17 bits per heavy atom. The quantitative estimate of drug-likeness (QED) is 0.921. The van der Waals surface area contributed by atoms with Gasteiger partial charge in [-0.25, -0.2) is 0 Å². The fraction of sp³-hybridized carbons (Fsp3) is 0.600. The molecule has 24 heavy (non-hydrogen) atoms. The molecule has 1 aromatic rings. The van der Waals surface area contributed by atoms with Crippen LogP contribution in [0.2, 0.25) is 0 Å². The van der Waals surface area contributed by atoms with Crippen LogP contribution in [-0.4, -0.2) is 28.3 Å². The maximum atomic E-state index is 12.8. The van der Waals surface area contributed by atoms with Crippen LogP contribution < -0.4 is 5.32 Å². The van der Waals surface area contributed by atoms with Crippen molar-refractivity contribution in [2.75, 3.05) is 0 Å². The molecule has 2 amide bonds. The number of benzene rings is 1. The highest BCUT2D eigenvalue weighted by Crippen LogP contribution is 2.44. The minimum Gasteiger partial charge on any atom is -0.350 e. The summed E-state index contributed by atoms with van der Waals surface area (Å²) in [6, 6.07) is 9.63. The van der Waals surface area contributed by atoms with Gasteiger partial charge in [-0.05, 0) is 44.6 Å². The van der Waals surface area contributed by atoms with Crippen LogP contribution in [0.5, 0.6) is 0 Å². The Kier molecular flexibility index (Phi) is 5.36. The summed E-state index contributed by atoms with van der Waals surface area (Å²) in [6.07, 6.45) is 0.707. The Morgan fingerprint density at radius 2 is 1.75 bits per heavy atom. The fourth-order valence-electron chi connectivity index (χ4n) is 3.70. The lowest BCUT2D eigenvalue weighted by Crippen LogP contribution is -2.51. The highest BCUT2D eigenvalue weighted by atomic mass is 16.2. The summed E-state index contributed by atoms with van der Waals surface area (Å²) >= 11 is 0. The summed E-state index contributed by atoms with van der Waals surface area (Å²) in [7, 11) is 0. The van der Waals surface area contributed by atoms with E-state index in [-0.39, 0.29) is 29.3 Å². The summed E-state index contributed by atoms with van der Waals surface area (Å²) in [4.78, 5) is 27.0. The van der Waals surface area contributed by atoms with Gasteiger partial charge >= 0.3 is 0 Å². The van der Waals surface area contributed by atoms with Gasteiger partial charge in [-0.3, -0.25) is 9.59 Å². The van der Waals surface area contributed by atoms with E-state index >= 15 is 0 Å². The predicted molar refractivity (Wildman–Crippen MR) is 96.3 cm³/mol. The van der Waals surface area contributed by atoms with Crippen LogP contribution in [0, 0.1) is 11.8 Å². The molecule has 0 saturated carbocycles. The van der Waals surface area contributed by atoms with Crippen molar-refractivity contribution < 1.29 is 9.59 Å². The van der Waals surface area contributed by atoms with E-state index in [1.807, 2.05) is 39.0 Å². The van der Waals surface area contributed by atoms with E-state index in [2.05, 4.69) is 31.3 Å². The highest BCUT2D eigenvalue weighted by Gasteiger charge is 2.47. The van der Waals surface area contributed by atoms with E-state index in [4.69, 9.17) is 0 Å². The minimum atomic E-state index is -0.403. The van der Waals surface area contributed by atoms with Gasteiger partial charge in [0.1, 0.15) is 6.04 Å².